The minimum absolute atomic E-state index is 0. The van der Waals surface area contributed by atoms with Crippen LogP contribution in [-0.4, -0.2) is 43.4 Å². The molecule has 1 aromatic carbocycles. The third-order valence-electron chi connectivity index (χ3n) is 7.62. The summed E-state index contributed by atoms with van der Waals surface area (Å²) in [5.74, 6) is 1.64. The highest BCUT2D eigenvalue weighted by atomic mass is 35.5. The second-order valence-electron chi connectivity index (χ2n) is 9.00. The van der Waals surface area contributed by atoms with Crippen molar-refractivity contribution in [2.45, 2.75) is 47.5 Å². The van der Waals surface area contributed by atoms with Crippen molar-refractivity contribution in [3.63, 3.8) is 0 Å². The first kappa shape index (κ1) is 24.5. The summed E-state index contributed by atoms with van der Waals surface area (Å²) in [5, 5.41) is 7.20. The molecule has 2 aliphatic rings. The molecule has 3 rings (SSSR count). The number of nitrogens with zero attached hydrogens (tertiary/aromatic N) is 2. The highest BCUT2D eigenvalue weighted by Gasteiger charge is 2.65. The molecule has 1 N–H and O–H groups in total. The predicted molar refractivity (Wildman–Crippen MR) is 124 cm³/mol. The van der Waals surface area contributed by atoms with E-state index in [4.69, 9.17) is 9.57 Å². The molecule has 2 bridgehead atoms. The third kappa shape index (κ3) is 4.30. The number of amides is 1. The minimum atomic E-state index is -0.562. The van der Waals surface area contributed by atoms with Gasteiger partial charge in [0.2, 0.25) is 0 Å². The van der Waals surface area contributed by atoms with Crippen LogP contribution in [-0.2, 0) is 4.84 Å². The normalized spacial score (nSPS) is 27.8. The van der Waals surface area contributed by atoms with Crippen molar-refractivity contribution in [3.05, 3.63) is 24.3 Å². The number of methoxy groups -OCH3 is 1. The zero-order valence-electron chi connectivity index (χ0n) is 19.0. The lowest BCUT2D eigenvalue weighted by Crippen LogP contribution is -2.39. The fourth-order valence-corrected chi connectivity index (χ4v) is 5.35. The molecular formula is C23H36ClN3O3. The Labute approximate surface area is 186 Å². The largest absolute Gasteiger partial charge is 0.497 e. The molecule has 30 heavy (non-hydrogen) atoms. The van der Waals surface area contributed by atoms with Crippen LogP contribution in [0.5, 0.6) is 5.75 Å². The summed E-state index contributed by atoms with van der Waals surface area (Å²) in [5.41, 5.74) is 1.82. The van der Waals surface area contributed by atoms with Crippen molar-refractivity contribution in [2.24, 2.45) is 27.8 Å². The molecule has 0 radical (unpaired) electrons. The van der Waals surface area contributed by atoms with Gasteiger partial charge in [-0.1, -0.05) is 39.8 Å². The standard InChI is InChI=1S/C23H35N3O3.ClH/c1-7-26(8-2)15-18-19-13-14-23(5,22(19,3)4)20(18)25-29-21(27)24-16-9-11-17(28-6)12-10-16;/h9-12,18-19H,7-8,13-15H2,1-6H3,(H,24,27);1H/b25-20-;/t18?,19-,23+;/m1./s1. The highest BCUT2D eigenvalue weighted by Crippen LogP contribution is 2.66. The van der Waals surface area contributed by atoms with Crippen LogP contribution in [0.15, 0.2) is 29.4 Å². The first-order valence-corrected chi connectivity index (χ1v) is 10.7. The fourth-order valence-electron chi connectivity index (χ4n) is 5.35. The van der Waals surface area contributed by atoms with E-state index in [2.05, 4.69) is 50.0 Å². The van der Waals surface area contributed by atoms with E-state index in [9.17, 15) is 4.79 Å². The van der Waals surface area contributed by atoms with Gasteiger partial charge in [0, 0.05) is 23.6 Å². The Morgan fingerprint density at radius 1 is 1.20 bits per heavy atom. The second-order valence-corrected chi connectivity index (χ2v) is 9.00. The van der Waals surface area contributed by atoms with Crippen LogP contribution >= 0.6 is 12.4 Å². The Morgan fingerprint density at radius 2 is 1.83 bits per heavy atom. The number of ether oxygens (including phenoxy) is 1. The Hall–Kier alpha value is -1.79. The van der Waals surface area contributed by atoms with E-state index < -0.39 is 6.09 Å². The van der Waals surface area contributed by atoms with Gasteiger partial charge in [-0.25, -0.2) is 4.79 Å². The van der Waals surface area contributed by atoms with Gasteiger partial charge in [0.15, 0.2) is 0 Å². The van der Waals surface area contributed by atoms with Crippen molar-refractivity contribution in [1.29, 1.82) is 0 Å². The molecule has 1 aromatic rings. The van der Waals surface area contributed by atoms with Crippen LogP contribution in [0.1, 0.15) is 47.5 Å². The van der Waals surface area contributed by atoms with Crippen molar-refractivity contribution in [1.82, 2.24) is 4.90 Å². The Morgan fingerprint density at radius 3 is 2.40 bits per heavy atom. The van der Waals surface area contributed by atoms with Crippen LogP contribution in [0.2, 0.25) is 0 Å². The Bertz CT molecular complexity index is 761. The number of carbonyl (C=O) groups excluding carboxylic acids is 1. The first-order valence-electron chi connectivity index (χ1n) is 10.7. The SMILES string of the molecule is CCN(CC)CC1/C(=N/OC(=O)Nc2ccc(OC)cc2)[C@]2(C)CC[C@H]1C2(C)C.Cl. The molecule has 0 aromatic heterocycles. The maximum Gasteiger partial charge on any atom is 0.437 e. The smallest absolute Gasteiger partial charge is 0.437 e. The topological polar surface area (TPSA) is 63.2 Å². The van der Waals surface area contributed by atoms with Gasteiger partial charge >= 0.3 is 6.09 Å². The van der Waals surface area contributed by atoms with E-state index in [0.29, 0.717) is 17.5 Å². The van der Waals surface area contributed by atoms with Gasteiger partial charge in [-0.05, 0) is 61.5 Å². The lowest BCUT2D eigenvalue weighted by atomic mass is 9.70. The molecule has 6 nitrogen and oxygen atoms in total. The highest BCUT2D eigenvalue weighted by molar-refractivity contribution is 5.97. The van der Waals surface area contributed by atoms with Gasteiger partial charge in [-0.15, -0.1) is 12.4 Å². The molecule has 7 heteroatoms. The van der Waals surface area contributed by atoms with E-state index in [-0.39, 0.29) is 23.2 Å². The molecule has 2 aliphatic carbocycles. The van der Waals surface area contributed by atoms with Gasteiger partial charge in [0.05, 0.1) is 12.8 Å². The van der Waals surface area contributed by atoms with Crippen LogP contribution in [0.4, 0.5) is 10.5 Å². The Kier molecular flexibility index (Phi) is 7.80. The van der Waals surface area contributed by atoms with Crippen molar-refractivity contribution in [2.75, 3.05) is 32.1 Å². The molecule has 2 saturated carbocycles. The van der Waals surface area contributed by atoms with Gasteiger partial charge in [-0.2, -0.15) is 0 Å². The zero-order valence-corrected chi connectivity index (χ0v) is 19.8. The molecule has 168 valence electrons. The summed E-state index contributed by atoms with van der Waals surface area (Å²) < 4.78 is 5.14. The summed E-state index contributed by atoms with van der Waals surface area (Å²) in [6, 6.07) is 7.14. The van der Waals surface area contributed by atoms with Crippen LogP contribution in [0.25, 0.3) is 0 Å². The predicted octanol–water partition coefficient (Wildman–Crippen LogP) is 5.44. The first-order chi connectivity index (χ1) is 13.8. The van der Waals surface area contributed by atoms with Crippen molar-refractivity contribution < 1.29 is 14.4 Å². The van der Waals surface area contributed by atoms with E-state index in [1.54, 1.807) is 31.4 Å². The molecule has 0 saturated heterocycles. The number of halogens is 1. The number of oxime groups is 1. The minimum Gasteiger partial charge on any atom is -0.497 e. The average molecular weight is 438 g/mol. The van der Waals surface area contributed by atoms with Gasteiger partial charge < -0.3 is 9.64 Å². The van der Waals surface area contributed by atoms with Gasteiger partial charge in [0.25, 0.3) is 0 Å². The maximum atomic E-state index is 12.4. The molecule has 1 amide bonds. The van der Waals surface area contributed by atoms with Gasteiger partial charge in [-0.3, -0.25) is 10.2 Å². The molecule has 2 fully saturated rings. The Balaban J connectivity index is 0.00000320. The summed E-state index contributed by atoms with van der Waals surface area (Å²) in [4.78, 5) is 20.2. The van der Waals surface area contributed by atoms with E-state index in [0.717, 1.165) is 37.5 Å². The van der Waals surface area contributed by atoms with Crippen LogP contribution in [0, 0.1) is 22.7 Å². The number of hydrogen-bond acceptors (Lipinski definition) is 5. The maximum absolute atomic E-state index is 12.4. The number of hydrogen-bond donors (Lipinski definition) is 1. The van der Waals surface area contributed by atoms with E-state index in [1.807, 2.05) is 0 Å². The van der Waals surface area contributed by atoms with Crippen LogP contribution in [0.3, 0.4) is 0 Å². The van der Waals surface area contributed by atoms with Crippen LogP contribution < -0.4 is 10.1 Å². The molecule has 0 aliphatic heterocycles. The van der Waals surface area contributed by atoms with Crippen molar-refractivity contribution >= 4 is 29.9 Å². The lowest BCUT2D eigenvalue weighted by molar-refractivity contribution is 0.158. The summed E-state index contributed by atoms with van der Waals surface area (Å²) in [6.45, 7) is 14.4. The number of nitrogens with one attached hydrogen (secondary N) is 1. The monoisotopic (exact) mass is 437 g/mol. The van der Waals surface area contributed by atoms with Crippen molar-refractivity contribution in [3.8, 4) is 5.75 Å². The molecule has 3 atom stereocenters. The molecular weight excluding hydrogens is 402 g/mol. The lowest BCUT2D eigenvalue weighted by Gasteiger charge is -2.34. The van der Waals surface area contributed by atoms with E-state index >= 15 is 0 Å². The number of rotatable bonds is 7. The zero-order chi connectivity index (χ0) is 21.2. The number of fused-ring (bicyclic) bond motifs is 2. The summed E-state index contributed by atoms with van der Waals surface area (Å²) in [6.07, 6.45) is 1.75. The quantitative estimate of drug-likeness (QED) is 0.456. The molecule has 0 heterocycles. The molecule has 1 unspecified atom stereocenters. The summed E-state index contributed by atoms with van der Waals surface area (Å²) in [7, 11) is 1.61. The number of benzene rings is 1. The molecule has 0 spiro atoms. The number of anilines is 1. The average Bonchev–Trinajstić information content (AvgIpc) is 3.03. The van der Waals surface area contributed by atoms with E-state index in [1.165, 1.54) is 6.42 Å². The van der Waals surface area contributed by atoms with Gasteiger partial charge in [0.1, 0.15) is 5.75 Å². The summed E-state index contributed by atoms with van der Waals surface area (Å²) >= 11 is 0. The number of carbonyl (C=O) groups is 1. The second kappa shape index (κ2) is 9.56. The third-order valence-corrected chi connectivity index (χ3v) is 7.62. The fraction of sp³-hybridized carbons (Fsp3) is 0.652.